The molecule has 0 aromatic heterocycles. The second-order valence-electron chi connectivity index (χ2n) is 4.78. The third kappa shape index (κ3) is 3.49. The molecule has 2 aromatic rings. The van der Waals surface area contributed by atoms with Gasteiger partial charge in [0.15, 0.2) is 0 Å². The van der Waals surface area contributed by atoms with Gasteiger partial charge in [0, 0.05) is 0 Å². The summed E-state index contributed by atoms with van der Waals surface area (Å²) in [6, 6.07) is 10.4. The Balaban J connectivity index is 2.39. The van der Waals surface area contributed by atoms with Gasteiger partial charge in [0.25, 0.3) is 0 Å². The summed E-state index contributed by atoms with van der Waals surface area (Å²) in [4.78, 5) is 11.5. The fourth-order valence-corrected chi connectivity index (χ4v) is 3.49. The fourth-order valence-electron chi connectivity index (χ4n) is 2.07. The molecule has 0 heterocycles. The minimum atomic E-state index is -4.02. The maximum Gasteiger partial charge on any atom is 0.241 e. The molecule has 0 aliphatic rings. The molecule has 7 heteroatoms. The third-order valence-corrected chi connectivity index (χ3v) is 4.70. The number of halogens is 1. The lowest BCUT2D eigenvalue weighted by Crippen LogP contribution is -2.37. The molecular formula is C15H15FN2O3S. The predicted octanol–water partition coefficient (Wildman–Crippen LogP) is 1.64. The normalized spacial score (nSPS) is 12.8. The Morgan fingerprint density at radius 1 is 1.18 bits per heavy atom. The quantitative estimate of drug-likeness (QED) is 0.877. The van der Waals surface area contributed by atoms with Crippen molar-refractivity contribution in [3.05, 3.63) is 65.5 Å². The van der Waals surface area contributed by atoms with Crippen LogP contribution in [0.15, 0.2) is 53.4 Å². The van der Waals surface area contributed by atoms with Gasteiger partial charge in [-0.3, -0.25) is 4.79 Å². The van der Waals surface area contributed by atoms with E-state index in [9.17, 15) is 17.6 Å². The molecular weight excluding hydrogens is 307 g/mol. The van der Waals surface area contributed by atoms with Crippen LogP contribution < -0.4 is 10.5 Å². The summed E-state index contributed by atoms with van der Waals surface area (Å²) in [5.74, 6) is -1.36. The highest BCUT2D eigenvalue weighted by molar-refractivity contribution is 7.89. The number of benzene rings is 2. The number of hydrogen-bond donors (Lipinski definition) is 2. The van der Waals surface area contributed by atoms with E-state index in [1.165, 1.54) is 6.92 Å². The molecule has 116 valence electrons. The topological polar surface area (TPSA) is 89.3 Å². The van der Waals surface area contributed by atoms with Crippen molar-refractivity contribution in [3.63, 3.8) is 0 Å². The second-order valence-corrected chi connectivity index (χ2v) is 6.46. The highest BCUT2D eigenvalue weighted by atomic mass is 32.2. The third-order valence-electron chi connectivity index (χ3n) is 3.12. The monoisotopic (exact) mass is 322 g/mol. The van der Waals surface area contributed by atoms with E-state index in [0.29, 0.717) is 5.56 Å². The van der Waals surface area contributed by atoms with E-state index in [1.54, 1.807) is 30.3 Å². The number of primary amides is 1. The van der Waals surface area contributed by atoms with Crippen molar-refractivity contribution in [1.82, 2.24) is 4.72 Å². The highest BCUT2D eigenvalue weighted by Gasteiger charge is 2.26. The Kier molecular flexibility index (Phi) is 4.58. The molecule has 1 unspecified atom stereocenters. The number of aryl methyl sites for hydroxylation is 1. The van der Waals surface area contributed by atoms with Crippen molar-refractivity contribution in [2.24, 2.45) is 5.73 Å². The van der Waals surface area contributed by atoms with Crippen LogP contribution in [0, 0.1) is 12.7 Å². The SMILES string of the molecule is Cc1cc(F)ccc1S(=O)(=O)NC(C(N)=O)c1ccccc1. The first-order valence-corrected chi connectivity index (χ1v) is 7.92. The summed E-state index contributed by atoms with van der Waals surface area (Å²) in [5.41, 5.74) is 5.96. The van der Waals surface area contributed by atoms with Crippen LogP contribution in [0.2, 0.25) is 0 Å². The molecule has 0 aliphatic heterocycles. The van der Waals surface area contributed by atoms with Crippen molar-refractivity contribution in [2.45, 2.75) is 17.9 Å². The van der Waals surface area contributed by atoms with Gasteiger partial charge >= 0.3 is 0 Å². The van der Waals surface area contributed by atoms with E-state index in [2.05, 4.69) is 4.72 Å². The number of nitrogens with two attached hydrogens (primary N) is 1. The van der Waals surface area contributed by atoms with E-state index >= 15 is 0 Å². The van der Waals surface area contributed by atoms with Gasteiger partial charge in [-0.15, -0.1) is 0 Å². The maximum atomic E-state index is 13.1. The zero-order valence-corrected chi connectivity index (χ0v) is 12.6. The van der Waals surface area contributed by atoms with Crippen molar-refractivity contribution >= 4 is 15.9 Å². The molecule has 3 N–H and O–H groups in total. The summed E-state index contributed by atoms with van der Waals surface area (Å²) in [5, 5.41) is 0. The van der Waals surface area contributed by atoms with Crippen LogP contribution in [0.1, 0.15) is 17.2 Å². The van der Waals surface area contributed by atoms with Crippen molar-refractivity contribution in [2.75, 3.05) is 0 Å². The van der Waals surface area contributed by atoms with Crippen LogP contribution in [0.5, 0.6) is 0 Å². The summed E-state index contributed by atoms with van der Waals surface area (Å²) in [7, 11) is -4.02. The summed E-state index contributed by atoms with van der Waals surface area (Å²) < 4.78 is 40.2. The number of nitrogens with one attached hydrogen (secondary N) is 1. The fraction of sp³-hybridized carbons (Fsp3) is 0.133. The Morgan fingerprint density at radius 3 is 2.36 bits per heavy atom. The van der Waals surface area contributed by atoms with Gasteiger partial charge < -0.3 is 5.73 Å². The van der Waals surface area contributed by atoms with Crippen LogP contribution in [-0.2, 0) is 14.8 Å². The van der Waals surface area contributed by atoms with E-state index in [0.717, 1.165) is 18.2 Å². The standard InChI is InChI=1S/C15H15FN2O3S/c1-10-9-12(16)7-8-13(10)22(20,21)18-14(15(17)19)11-5-3-2-4-6-11/h2-9,14,18H,1H3,(H2,17,19). The largest absolute Gasteiger partial charge is 0.368 e. The molecule has 0 spiro atoms. The van der Waals surface area contributed by atoms with Gasteiger partial charge in [-0.25, -0.2) is 12.8 Å². The minimum Gasteiger partial charge on any atom is -0.368 e. The molecule has 1 amide bonds. The van der Waals surface area contributed by atoms with E-state index in [-0.39, 0.29) is 10.5 Å². The van der Waals surface area contributed by atoms with Crippen LogP contribution in [-0.4, -0.2) is 14.3 Å². The van der Waals surface area contributed by atoms with Gasteiger partial charge in [-0.2, -0.15) is 4.72 Å². The minimum absolute atomic E-state index is 0.101. The molecule has 0 fully saturated rings. The smallest absolute Gasteiger partial charge is 0.241 e. The number of hydrogen-bond acceptors (Lipinski definition) is 3. The lowest BCUT2D eigenvalue weighted by atomic mass is 10.1. The molecule has 0 bridgehead atoms. The molecule has 0 aliphatic carbocycles. The molecule has 22 heavy (non-hydrogen) atoms. The number of carbonyl (C=O) groups excluding carboxylic acids is 1. The Morgan fingerprint density at radius 2 is 1.82 bits per heavy atom. The molecule has 0 saturated carbocycles. The zero-order valence-electron chi connectivity index (χ0n) is 11.8. The van der Waals surface area contributed by atoms with Gasteiger partial charge in [-0.05, 0) is 36.2 Å². The summed E-state index contributed by atoms with van der Waals surface area (Å²) in [6.07, 6.45) is 0. The van der Waals surface area contributed by atoms with Gasteiger partial charge in [-0.1, -0.05) is 30.3 Å². The van der Waals surface area contributed by atoms with E-state index in [1.807, 2.05) is 0 Å². The van der Waals surface area contributed by atoms with Crippen molar-refractivity contribution in [3.8, 4) is 0 Å². The Hall–Kier alpha value is -2.25. The van der Waals surface area contributed by atoms with Crippen LogP contribution in [0.25, 0.3) is 0 Å². The second kappa shape index (κ2) is 6.25. The predicted molar refractivity (Wildman–Crippen MR) is 79.8 cm³/mol. The lowest BCUT2D eigenvalue weighted by molar-refractivity contribution is -0.119. The lowest BCUT2D eigenvalue weighted by Gasteiger charge is -2.17. The van der Waals surface area contributed by atoms with Crippen LogP contribution in [0.3, 0.4) is 0 Å². The number of rotatable bonds is 5. The first-order chi connectivity index (χ1) is 10.3. The molecule has 5 nitrogen and oxygen atoms in total. The first-order valence-electron chi connectivity index (χ1n) is 6.44. The summed E-state index contributed by atoms with van der Waals surface area (Å²) >= 11 is 0. The zero-order chi connectivity index (χ0) is 16.3. The first kappa shape index (κ1) is 16.1. The van der Waals surface area contributed by atoms with Crippen molar-refractivity contribution < 1.29 is 17.6 Å². The molecule has 0 radical (unpaired) electrons. The van der Waals surface area contributed by atoms with Gasteiger partial charge in [0.1, 0.15) is 11.9 Å². The molecule has 1 atom stereocenters. The average Bonchev–Trinajstić information content (AvgIpc) is 2.45. The van der Waals surface area contributed by atoms with Gasteiger partial charge in [0.05, 0.1) is 4.90 Å². The molecule has 2 rings (SSSR count). The van der Waals surface area contributed by atoms with E-state index < -0.39 is 27.8 Å². The van der Waals surface area contributed by atoms with E-state index in [4.69, 9.17) is 5.73 Å². The highest BCUT2D eigenvalue weighted by Crippen LogP contribution is 2.20. The Labute approximate surface area is 128 Å². The maximum absolute atomic E-state index is 13.1. The van der Waals surface area contributed by atoms with Gasteiger partial charge in [0.2, 0.25) is 15.9 Å². The summed E-state index contributed by atoms with van der Waals surface area (Å²) in [6.45, 7) is 1.47. The average molecular weight is 322 g/mol. The van der Waals surface area contributed by atoms with Crippen LogP contribution in [0.4, 0.5) is 4.39 Å². The van der Waals surface area contributed by atoms with Crippen molar-refractivity contribution in [1.29, 1.82) is 0 Å². The number of carbonyl (C=O) groups is 1. The Bertz CT molecular complexity index is 792. The van der Waals surface area contributed by atoms with Crippen LogP contribution >= 0.6 is 0 Å². The number of sulfonamides is 1. The number of amides is 1. The molecule has 2 aromatic carbocycles. The molecule has 0 saturated heterocycles.